The molecule has 1 aliphatic rings. The third kappa shape index (κ3) is 3.39. The Kier molecular flexibility index (Phi) is 4.45. The van der Waals surface area contributed by atoms with Gasteiger partial charge in [-0.05, 0) is 25.0 Å². The van der Waals surface area contributed by atoms with Crippen LogP contribution in [-0.4, -0.2) is 30.5 Å². The predicted octanol–water partition coefficient (Wildman–Crippen LogP) is 2.05. The van der Waals surface area contributed by atoms with Crippen LogP contribution in [-0.2, 0) is 4.79 Å². The number of likely N-dealkylation sites (tertiary alicyclic amines) is 1. The summed E-state index contributed by atoms with van der Waals surface area (Å²) in [7, 11) is 0. The number of hydrogen-bond donors (Lipinski definition) is 1. The summed E-state index contributed by atoms with van der Waals surface area (Å²) in [5.41, 5.74) is 6.33. The molecule has 1 saturated heterocycles. The van der Waals surface area contributed by atoms with Crippen LogP contribution in [0, 0.1) is 0 Å². The molecule has 1 aromatic rings. The van der Waals surface area contributed by atoms with Crippen LogP contribution < -0.4 is 10.5 Å². The molecule has 0 bridgehead atoms. The summed E-state index contributed by atoms with van der Waals surface area (Å²) < 4.78 is 5.48. The Labute approximate surface area is 108 Å². The number of anilines is 1. The number of nitrogens with zero attached hydrogens (tertiary/aromatic N) is 1. The smallest absolute Gasteiger partial charge is 0.260 e. The van der Waals surface area contributed by atoms with Crippen LogP contribution in [0.25, 0.3) is 0 Å². The van der Waals surface area contributed by atoms with Gasteiger partial charge in [-0.1, -0.05) is 25.0 Å². The van der Waals surface area contributed by atoms with Crippen molar-refractivity contribution < 1.29 is 9.53 Å². The highest BCUT2D eigenvalue weighted by Gasteiger charge is 2.16. The number of hydrogen-bond acceptors (Lipinski definition) is 3. The van der Waals surface area contributed by atoms with Gasteiger partial charge in [0.2, 0.25) is 0 Å². The van der Waals surface area contributed by atoms with E-state index >= 15 is 0 Å². The highest BCUT2D eigenvalue weighted by Crippen LogP contribution is 2.19. The maximum Gasteiger partial charge on any atom is 0.260 e. The van der Waals surface area contributed by atoms with Crippen molar-refractivity contribution in [1.82, 2.24) is 4.90 Å². The first kappa shape index (κ1) is 12.7. The van der Waals surface area contributed by atoms with Crippen molar-refractivity contribution in [2.45, 2.75) is 25.7 Å². The Morgan fingerprint density at radius 3 is 2.50 bits per heavy atom. The van der Waals surface area contributed by atoms with E-state index in [4.69, 9.17) is 10.5 Å². The van der Waals surface area contributed by atoms with Gasteiger partial charge < -0.3 is 15.4 Å². The first-order chi connectivity index (χ1) is 8.77. The molecule has 0 aromatic heterocycles. The first-order valence-corrected chi connectivity index (χ1v) is 6.52. The standard InChI is InChI=1S/C14H20N2O2/c15-12-7-3-4-8-13(12)18-11-14(17)16-9-5-1-2-6-10-16/h3-4,7-8H,1-2,5-6,9-11,15H2. The van der Waals surface area contributed by atoms with Crippen molar-refractivity contribution in [3.05, 3.63) is 24.3 Å². The number of carbonyl (C=O) groups is 1. The molecule has 1 fully saturated rings. The molecule has 1 aromatic carbocycles. The molecule has 0 saturated carbocycles. The molecule has 18 heavy (non-hydrogen) atoms. The lowest BCUT2D eigenvalue weighted by Gasteiger charge is -2.20. The van der Waals surface area contributed by atoms with Crippen LogP contribution >= 0.6 is 0 Å². The molecule has 2 N–H and O–H groups in total. The highest BCUT2D eigenvalue weighted by atomic mass is 16.5. The van der Waals surface area contributed by atoms with Gasteiger partial charge in [0.05, 0.1) is 5.69 Å². The molecule has 0 unspecified atom stereocenters. The van der Waals surface area contributed by atoms with Crippen LogP contribution in [0.2, 0.25) is 0 Å². The lowest BCUT2D eigenvalue weighted by molar-refractivity contribution is -0.133. The van der Waals surface area contributed by atoms with Gasteiger partial charge in [0.25, 0.3) is 5.91 Å². The normalized spacial score (nSPS) is 16.1. The van der Waals surface area contributed by atoms with E-state index in [1.807, 2.05) is 17.0 Å². The summed E-state index contributed by atoms with van der Waals surface area (Å²) in [6.07, 6.45) is 4.63. The minimum absolute atomic E-state index is 0.0557. The van der Waals surface area contributed by atoms with Gasteiger partial charge in [0, 0.05) is 13.1 Å². The van der Waals surface area contributed by atoms with Crippen LogP contribution in [0.4, 0.5) is 5.69 Å². The number of carbonyl (C=O) groups excluding carboxylic acids is 1. The second kappa shape index (κ2) is 6.28. The van der Waals surface area contributed by atoms with E-state index in [0.717, 1.165) is 25.9 Å². The minimum atomic E-state index is 0.0557. The number of para-hydroxylation sites is 2. The Morgan fingerprint density at radius 1 is 1.17 bits per heavy atom. The lowest BCUT2D eigenvalue weighted by atomic mass is 10.2. The summed E-state index contributed by atoms with van der Waals surface area (Å²) >= 11 is 0. The fraction of sp³-hybridized carbons (Fsp3) is 0.500. The third-order valence-electron chi connectivity index (χ3n) is 3.23. The summed E-state index contributed by atoms with van der Waals surface area (Å²) in [5, 5.41) is 0. The van der Waals surface area contributed by atoms with E-state index in [9.17, 15) is 4.79 Å². The van der Waals surface area contributed by atoms with E-state index < -0.39 is 0 Å². The summed E-state index contributed by atoms with van der Waals surface area (Å²) in [6.45, 7) is 1.78. The van der Waals surface area contributed by atoms with Crippen molar-refractivity contribution >= 4 is 11.6 Å². The summed E-state index contributed by atoms with van der Waals surface area (Å²) in [6, 6.07) is 7.25. The summed E-state index contributed by atoms with van der Waals surface area (Å²) in [5.74, 6) is 0.640. The largest absolute Gasteiger partial charge is 0.482 e. The fourth-order valence-corrected chi connectivity index (χ4v) is 2.16. The average molecular weight is 248 g/mol. The fourth-order valence-electron chi connectivity index (χ4n) is 2.16. The molecular weight excluding hydrogens is 228 g/mol. The van der Waals surface area contributed by atoms with Crippen LogP contribution in [0.1, 0.15) is 25.7 Å². The van der Waals surface area contributed by atoms with Crippen molar-refractivity contribution in [2.24, 2.45) is 0 Å². The quantitative estimate of drug-likeness (QED) is 0.833. The first-order valence-electron chi connectivity index (χ1n) is 6.52. The van der Waals surface area contributed by atoms with Gasteiger partial charge in [-0.2, -0.15) is 0 Å². The number of ether oxygens (including phenoxy) is 1. The second-order valence-corrected chi connectivity index (χ2v) is 4.62. The van der Waals surface area contributed by atoms with E-state index in [1.54, 1.807) is 12.1 Å². The maximum absolute atomic E-state index is 12.0. The molecule has 0 spiro atoms. The van der Waals surface area contributed by atoms with Gasteiger partial charge in [-0.15, -0.1) is 0 Å². The van der Waals surface area contributed by atoms with E-state index in [1.165, 1.54) is 12.8 Å². The molecule has 1 amide bonds. The molecule has 2 rings (SSSR count). The summed E-state index contributed by atoms with van der Waals surface area (Å²) in [4.78, 5) is 13.9. The van der Waals surface area contributed by atoms with Crippen molar-refractivity contribution in [3.8, 4) is 5.75 Å². The van der Waals surface area contributed by atoms with Crippen LogP contribution in [0.5, 0.6) is 5.75 Å². The topological polar surface area (TPSA) is 55.6 Å². The number of amides is 1. The molecule has 98 valence electrons. The zero-order valence-corrected chi connectivity index (χ0v) is 10.6. The van der Waals surface area contributed by atoms with E-state index in [2.05, 4.69) is 0 Å². The van der Waals surface area contributed by atoms with Crippen molar-refractivity contribution in [2.75, 3.05) is 25.4 Å². The Morgan fingerprint density at radius 2 is 1.83 bits per heavy atom. The van der Waals surface area contributed by atoms with Gasteiger partial charge in [0.15, 0.2) is 6.61 Å². The average Bonchev–Trinajstić information content (AvgIpc) is 2.66. The van der Waals surface area contributed by atoms with Gasteiger partial charge in [-0.25, -0.2) is 0 Å². The lowest BCUT2D eigenvalue weighted by Crippen LogP contribution is -2.35. The Hall–Kier alpha value is -1.71. The molecule has 0 aliphatic carbocycles. The molecule has 1 aliphatic heterocycles. The van der Waals surface area contributed by atoms with Gasteiger partial charge in [0.1, 0.15) is 5.75 Å². The molecular formula is C14H20N2O2. The molecule has 0 atom stereocenters. The highest BCUT2D eigenvalue weighted by molar-refractivity contribution is 5.78. The van der Waals surface area contributed by atoms with Crippen molar-refractivity contribution in [1.29, 1.82) is 0 Å². The number of nitrogen functional groups attached to an aromatic ring is 1. The predicted molar refractivity (Wildman–Crippen MR) is 71.4 cm³/mol. The maximum atomic E-state index is 12.0. The van der Waals surface area contributed by atoms with E-state index in [0.29, 0.717) is 11.4 Å². The van der Waals surface area contributed by atoms with Crippen LogP contribution in [0.15, 0.2) is 24.3 Å². The molecule has 1 heterocycles. The minimum Gasteiger partial charge on any atom is -0.482 e. The monoisotopic (exact) mass is 248 g/mol. The molecule has 4 nitrogen and oxygen atoms in total. The van der Waals surface area contributed by atoms with Gasteiger partial charge in [-0.3, -0.25) is 4.79 Å². The van der Waals surface area contributed by atoms with Crippen molar-refractivity contribution in [3.63, 3.8) is 0 Å². The zero-order valence-electron chi connectivity index (χ0n) is 10.6. The van der Waals surface area contributed by atoms with E-state index in [-0.39, 0.29) is 12.5 Å². The van der Waals surface area contributed by atoms with Crippen LogP contribution in [0.3, 0.4) is 0 Å². The second-order valence-electron chi connectivity index (χ2n) is 4.62. The Bertz CT molecular complexity index is 399. The number of rotatable bonds is 3. The SMILES string of the molecule is Nc1ccccc1OCC(=O)N1CCCCCC1. The molecule has 4 heteroatoms. The van der Waals surface area contributed by atoms with Gasteiger partial charge >= 0.3 is 0 Å². The Balaban J connectivity index is 1.86. The third-order valence-corrected chi connectivity index (χ3v) is 3.23. The number of benzene rings is 1. The molecule has 0 radical (unpaired) electrons. The number of nitrogens with two attached hydrogens (primary N) is 1. The zero-order chi connectivity index (χ0) is 12.8.